The fraction of sp³-hybridized carbons (Fsp3) is 0.278. The Hall–Kier alpha value is -0.810. The topological polar surface area (TPSA) is 29.1 Å². The van der Waals surface area contributed by atoms with Gasteiger partial charge in [-0.2, -0.15) is 11.8 Å². The first-order chi connectivity index (χ1) is 11.6. The Kier molecular flexibility index (Phi) is 8.33. The van der Waals surface area contributed by atoms with E-state index in [-0.39, 0.29) is 11.2 Å². The Balaban J connectivity index is 1.67. The van der Waals surface area contributed by atoms with E-state index in [1.165, 1.54) is 0 Å². The molecule has 0 aliphatic heterocycles. The molecule has 2 aromatic carbocycles. The molecule has 0 spiro atoms. The molecule has 0 aliphatic carbocycles. The van der Waals surface area contributed by atoms with Crippen LogP contribution in [0.3, 0.4) is 0 Å². The van der Waals surface area contributed by atoms with Crippen LogP contribution in [-0.4, -0.2) is 23.5 Å². The average Bonchev–Trinajstić information content (AvgIpc) is 2.57. The lowest BCUT2D eigenvalue weighted by atomic mass is 10.2. The third kappa shape index (κ3) is 6.25. The van der Waals surface area contributed by atoms with Gasteiger partial charge in [0.15, 0.2) is 0 Å². The molecule has 2 rings (SSSR count). The van der Waals surface area contributed by atoms with E-state index in [9.17, 15) is 4.79 Å². The zero-order valence-electron chi connectivity index (χ0n) is 13.3. The van der Waals surface area contributed by atoms with E-state index >= 15 is 0 Å². The van der Waals surface area contributed by atoms with Crippen LogP contribution in [0.25, 0.3) is 0 Å². The van der Waals surface area contributed by atoms with Gasteiger partial charge in [-0.15, -0.1) is 11.8 Å². The van der Waals surface area contributed by atoms with Crippen LogP contribution in [0.4, 0.5) is 0 Å². The first kappa shape index (κ1) is 19.5. The summed E-state index contributed by atoms with van der Waals surface area (Å²) in [5.41, 5.74) is 0.949. The summed E-state index contributed by atoms with van der Waals surface area (Å²) in [5, 5.41) is 4.23. The zero-order chi connectivity index (χ0) is 17.4. The van der Waals surface area contributed by atoms with Crippen molar-refractivity contribution in [3.8, 4) is 0 Å². The van der Waals surface area contributed by atoms with Gasteiger partial charge in [0.25, 0.3) is 0 Å². The fourth-order valence-corrected chi connectivity index (χ4v) is 4.50. The van der Waals surface area contributed by atoms with E-state index in [4.69, 9.17) is 23.2 Å². The quantitative estimate of drug-likeness (QED) is 0.467. The van der Waals surface area contributed by atoms with Crippen molar-refractivity contribution in [1.82, 2.24) is 5.32 Å². The number of carbonyl (C=O) groups is 1. The van der Waals surface area contributed by atoms with Gasteiger partial charge >= 0.3 is 0 Å². The molecular weight excluding hydrogens is 381 g/mol. The van der Waals surface area contributed by atoms with Crippen LogP contribution in [0, 0.1) is 0 Å². The number of hydrogen-bond donors (Lipinski definition) is 1. The van der Waals surface area contributed by atoms with Crippen LogP contribution in [0.15, 0.2) is 53.4 Å². The van der Waals surface area contributed by atoms with Crippen molar-refractivity contribution in [1.29, 1.82) is 0 Å². The van der Waals surface area contributed by atoms with E-state index in [2.05, 4.69) is 5.32 Å². The first-order valence-electron chi connectivity index (χ1n) is 7.58. The van der Waals surface area contributed by atoms with E-state index in [0.29, 0.717) is 16.6 Å². The maximum absolute atomic E-state index is 12.1. The third-order valence-corrected chi connectivity index (χ3v) is 6.08. The molecule has 0 saturated carbocycles. The van der Waals surface area contributed by atoms with Gasteiger partial charge in [0.1, 0.15) is 0 Å². The van der Waals surface area contributed by atoms with Crippen molar-refractivity contribution < 1.29 is 4.79 Å². The SMILES string of the molecule is C[C@@H](Sc1ccccc1)C(=O)NCCSCc1c(Cl)cccc1Cl. The molecule has 0 heterocycles. The van der Waals surface area contributed by atoms with Crippen LogP contribution >= 0.6 is 46.7 Å². The molecule has 6 heteroatoms. The molecule has 0 aromatic heterocycles. The number of nitrogens with one attached hydrogen (secondary N) is 1. The van der Waals surface area contributed by atoms with E-state index in [1.54, 1.807) is 23.5 Å². The van der Waals surface area contributed by atoms with Crippen molar-refractivity contribution in [2.75, 3.05) is 12.3 Å². The van der Waals surface area contributed by atoms with Crippen LogP contribution < -0.4 is 5.32 Å². The number of hydrogen-bond acceptors (Lipinski definition) is 3. The predicted octanol–water partition coefficient (Wildman–Crippen LogP) is 5.52. The number of carbonyl (C=O) groups excluding carboxylic acids is 1. The number of amides is 1. The Morgan fingerprint density at radius 3 is 2.42 bits per heavy atom. The molecule has 0 bridgehead atoms. The van der Waals surface area contributed by atoms with Gasteiger partial charge in [-0.25, -0.2) is 0 Å². The summed E-state index contributed by atoms with van der Waals surface area (Å²) >= 11 is 15.5. The van der Waals surface area contributed by atoms with Gasteiger partial charge in [-0.05, 0) is 36.8 Å². The fourth-order valence-electron chi connectivity index (χ4n) is 1.99. The largest absolute Gasteiger partial charge is 0.354 e. The van der Waals surface area contributed by atoms with Gasteiger partial charge in [0.2, 0.25) is 5.91 Å². The standard InChI is InChI=1S/C18H19Cl2NOS2/c1-13(24-14-6-3-2-4-7-14)18(22)21-10-11-23-12-15-16(19)8-5-9-17(15)20/h2-9,13H,10-12H2,1H3,(H,21,22)/t13-/m1/s1. The second kappa shape index (κ2) is 10.2. The summed E-state index contributed by atoms with van der Waals surface area (Å²) in [7, 11) is 0. The van der Waals surface area contributed by atoms with Gasteiger partial charge in [0, 0.05) is 33.0 Å². The molecular formula is C18H19Cl2NOS2. The smallest absolute Gasteiger partial charge is 0.233 e. The molecule has 2 aromatic rings. The Morgan fingerprint density at radius 2 is 1.75 bits per heavy atom. The second-order valence-electron chi connectivity index (χ2n) is 5.12. The highest BCUT2D eigenvalue weighted by Crippen LogP contribution is 2.28. The van der Waals surface area contributed by atoms with Gasteiger partial charge in [-0.1, -0.05) is 47.5 Å². The Bertz CT molecular complexity index is 647. The minimum absolute atomic E-state index is 0.0558. The summed E-state index contributed by atoms with van der Waals surface area (Å²) in [5.74, 6) is 1.61. The number of benzene rings is 2. The second-order valence-corrected chi connectivity index (χ2v) is 8.45. The van der Waals surface area contributed by atoms with Crippen LogP contribution in [0.1, 0.15) is 12.5 Å². The maximum atomic E-state index is 12.1. The lowest BCUT2D eigenvalue weighted by Crippen LogP contribution is -2.32. The average molecular weight is 400 g/mol. The zero-order valence-corrected chi connectivity index (χ0v) is 16.4. The minimum atomic E-state index is -0.115. The van der Waals surface area contributed by atoms with Crippen molar-refractivity contribution in [2.45, 2.75) is 22.8 Å². The van der Waals surface area contributed by atoms with Crippen molar-refractivity contribution >= 4 is 52.6 Å². The summed E-state index contributed by atoms with van der Waals surface area (Å²) in [6.45, 7) is 2.55. The van der Waals surface area contributed by atoms with E-state index in [0.717, 1.165) is 22.0 Å². The minimum Gasteiger partial charge on any atom is -0.354 e. The molecule has 0 unspecified atom stereocenters. The molecule has 1 amide bonds. The molecule has 1 atom stereocenters. The summed E-state index contributed by atoms with van der Waals surface area (Å²) in [6.07, 6.45) is 0. The molecule has 0 aliphatic rings. The van der Waals surface area contributed by atoms with E-state index < -0.39 is 0 Å². The van der Waals surface area contributed by atoms with Crippen LogP contribution in [-0.2, 0) is 10.5 Å². The molecule has 0 radical (unpaired) electrons. The third-order valence-electron chi connectivity index (χ3n) is 3.28. The lowest BCUT2D eigenvalue weighted by Gasteiger charge is -2.12. The van der Waals surface area contributed by atoms with Gasteiger partial charge in [-0.3, -0.25) is 4.79 Å². The highest BCUT2D eigenvalue weighted by atomic mass is 35.5. The van der Waals surface area contributed by atoms with Crippen molar-refractivity contribution in [3.05, 3.63) is 64.1 Å². The number of thioether (sulfide) groups is 2. The molecule has 0 fully saturated rings. The van der Waals surface area contributed by atoms with Gasteiger partial charge in [0.05, 0.1) is 5.25 Å². The molecule has 24 heavy (non-hydrogen) atoms. The highest BCUT2D eigenvalue weighted by molar-refractivity contribution is 8.00. The van der Waals surface area contributed by atoms with Gasteiger partial charge < -0.3 is 5.32 Å². The lowest BCUT2D eigenvalue weighted by molar-refractivity contribution is -0.120. The number of halogens is 2. The molecule has 128 valence electrons. The van der Waals surface area contributed by atoms with E-state index in [1.807, 2.05) is 55.5 Å². The monoisotopic (exact) mass is 399 g/mol. The Morgan fingerprint density at radius 1 is 1.08 bits per heavy atom. The summed E-state index contributed by atoms with van der Waals surface area (Å²) < 4.78 is 0. The maximum Gasteiger partial charge on any atom is 0.233 e. The Labute approximate surface area is 161 Å². The molecule has 1 N–H and O–H groups in total. The first-order valence-corrected chi connectivity index (χ1v) is 10.4. The predicted molar refractivity (Wildman–Crippen MR) is 107 cm³/mol. The van der Waals surface area contributed by atoms with Crippen LogP contribution in [0.5, 0.6) is 0 Å². The molecule has 2 nitrogen and oxygen atoms in total. The normalized spacial score (nSPS) is 12.0. The van der Waals surface area contributed by atoms with Crippen molar-refractivity contribution in [3.63, 3.8) is 0 Å². The summed E-state index contributed by atoms with van der Waals surface area (Å²) in [4.78, 5) is 13.2. The molecule has 0 saturated heterocycles. The number of rotatable bonds is 8. The summed E-state index contributed by atoms with van der Waals surface area (Å²) in [6, 6.07) is 15.5. The highest BCUT2D eigenvalue weighted by Gasteiger charge is 2.13. The van der Waals surface area contributed by atoms with Crippen molar-refractivity contribution in [2.24, 2.45) is 0 Å². The van der Waals surface area contributed by atoms with Crippen LogP contribution in [0.2, 0.25) is 10.0 Å².